The number of fused-ring (bicyclic) bond motifs is 3. The molecule has 0 unspecified atom stereocenters. The summed E-state index contributed by atoms with van der Waals surface area (Å²) < 4.78 is 11.8. The Morgan fingerprint density at radius 2 is 2.00 bits per heavy atom. The summed E-state index contributed by atoms with van der Waals surface area (Å²) in [5.74, 6) is -1.47. The maximum atomic E-state index is 13.9. The van der Waals surface area contributed by atoms with Crippen LogP contribution in [-0.4, -0.2) is 45.1 Å². The lowest BCUT2D eigenvalue weighted by Gasteiger charge is -2.43. The van der Waals surface area contributed by atoms with Crippen molar-refractivity contribution in [1.29, 1.82) is 0 Å². The molecule has 0 radical (unpaired) electrons. The van der Waals surface area contributed by atoms with Crippen LogP contribution in [0, 0.1) is 27.9 Å². The summed E-state index contributed by atoms with van der Waals surface area (Å²) in [6, 6.07) is 14.7. The van der Waals surface area contributed by atoms with E-state index in [1.165, 1.54) is 24.3 Å². The zero-order valence-corrected chi connectivity index (χ0v) is 24.2. The van der Waals surface area contributed by atoms with Crippen LogP contribution in [0.1, 0.15) is 49.8 Å². The summed E-state index contributed by atoms with van der Waals surface area (Å²) in [4.78, 5) is 44.0. The third-order valence-electron chi connectivity index (χ3n) is 8.86. The van der Waals surface area contributed by atoms with Crippen LogP contribution in [0.3, 0.4) is 0 Å². The molecule has 226 valence electrons. The maximum absolute atomic E-state index is 13.9. The van der Waals surface area contributed by atoms with Crippen LogP contribution in [0.4, 0.5) is 11.4 Å². The predicted molar refractivity (Wildman–Crippen MR) is 162 cm³/mol. The maximum Gasteiger partial charge on any atom is 0.455 e. The summed E-state index contributed by atoms with van der Waals surface area (Å²) in [7, 11) is -1.13. The number of pyridine rings is 1. The fourth-order valence-electron chi connectivity index (χ4n) is 6.95. The van der Waals surface area contributed by atoms with Crippen molar-refractivity contribution in [2.45, 2.75) is 51.6 Å². The number of nitro benzene ring substituents is 1. The number of benzene rings is 1. The van der Waals surface area contributed by atoms with Gasteiger partial charge in [0.15, 0.2) is 0 Å². The molecule has 2 aliphatic heterocycles. The van der Waals surface area contributed by atoms with Gasteiger partial charge in [-0.25, -0.2) is 4.90 Å². The minimum Gasteiger partial charge on any atom is -0.459 e. The van der Waals surface area contributed by atoms with Crippen LogP contribution in [-0.2, 0) is 20.9 Å². The van der Waals surface area contributed by atoms with Gasteiger partial charge in [0.1, 0.15) is 18.1 Å². The highest BCUT2D eigenvalue weighted by molar-refractivity contribution is 6.43. The molecule has 0 saturated carbocycles. The van der Waals surface area contributed by atoms with Crippen molar-refractivity contribution in [2.75, 3.05) is 4.90 Å². The highest BCUT2D eigenvalue weighted by atomic mass is 16.6. The summed E-state index contributed by atoms with van der Waals surface area (Å²) in [5.41, 5.74) is 3.60. The predicted octanol–water partition coefficient (Wildman–Crippen LogP) is 4.81. The number of non-ortho nitro benzene ring substituents is 1. The number of carbonyl (C=O) groups excluding carboxylic acids is 2. The van der Waals surface area contributed by atoms with Crippen LogP contribution in [0.5, 0.6) is 0 Å². The van der Waals surface area contributed by atoms with E-state index in [1.54, 1.807) is 18.3 Å². The molecule has 0 bridgehead atoms. The number of aliphatic hydroxyl groups excluding tert-OH is 1. The van der Waals surface area contributed by atoms with Crippen molar-refractivity contribution < 1.29 is 33.7 Å². The van der Waals surface area contributed by atoms with Gasteiger partial charge in [0.05, 0.1) is 34.2 Å². The van der Waals surface area contributed by atoms with Gasteiger partial charge in [-0.1, -0.05) is 24.6 Å². The Balaban J connectivity index is 1.30. The number of amides is 2. The number of aliphatic hydroxyl groups is 1. The van der Waals surface area contributed by atoms with E-state index in [0.717, 1.165) is 27.3 Å². The van der Waals surface area contributed by atoms with Crippen molar-refractivity contribution in [3.63, 3.8) is 0 Å². The normalized spacial score (nSPS) is 23.7. The Labute approximate surface area is 254 Å². The van der Waals surface area contributed by atoms with Crippen LogP contribution in [0.25, 0.3) is 11.6 Å². The third kappa shape index (κ3) is 5.52. The zero-order chi connectivity index (χ0) is 31.0. The first-order chi connectivity index (χ1) is 21.3. The Bertz CT molecular complexity index is 1650. The summed E-state index contributed by atoms with van der Waals surface area (Å²) >= 11 is 0. The molecule has 12 heteroatoms. The molecule has 11 nitrogen and oxygen atoms in total. The average Bonchev–Trinajstić information content (AvgIpc) is 3.59. The molecule has 44 heavy (non-hydrogen) atoms. The van der Waals surface area contributed by atoms with E-state index in [0.29, 0.717) is 37.2 Å². The lowest BCUT2D eigenvalue weighted by atomic mass is 9.58. The molecule has 2 aromatic heterocycles. The minimum atomic E-state index is -1.13. The fraction of sp³-hybridized carbons (Fsp3) is 0.344. The number of anilines is 1. The van der Waals surface area contributed by atoms with Gasteiger partial charge < -0.3 is 19.2 Å². The highest BCUT2D eigenvalue weighted by Crippen LogP contribution is 2.52. The summed E-state index contributed by atoms with van der Waals surface area (Å²) in [6.07, 6.45) is 5.30. The van der Waals surface area contributed by atoms with Crippen LogP contribution in [0.2, 0.25) is 6.32 Å². The van der Waals surface area contributed by atoms with Crippen LogP contribution < -0.4 is 4.90 Å². The number of imide groups is 1. The zero-order valence-electron chi connectivity index (χ0n) is 24.2. The van der Waals surface area contributed by atoms with E-state index in [4.69, 9.17) is 9.07 Å². The number of nitro groups is 1. The molecule has 4 heterocycles. The first-order valence-corrected chi connectivity index (χ1v) is 14.8. The molecular formula is C32H32BN3O8. The second-order valence-corrected chi connectivity index (χ2v) is 11.3. The Hall–Kier alpha value is -4.39. The molecule has 4 atom stereocenters. The number of rotatable bonds is 9. The SMILES string of the molecule is CCC1=C2[C@@H](CC/C(=C/c3ccc(CO)o3)c3ccccn3)OB(O)C[C@@H]2[C@@H]2C(=O)N(c3cccc([N+](=O)[O-])c3)C(=O)[C@@H]2C1. The molecule has 0 spiro atoms. The second kappa shape index (κ2) is 12.3. The van der Waals surface area contributed by atoms with Gasteiger partial charge in [0.25, 0.3) is 5.69 Å². The minimum absolute atomic E-state index is 0.178. The van der Waals surface area contributed by atoms with Crippen molar-refractivity contribution in [1.82, 2.24) is 4.98 Å². The van der Waals surface area contributed by atoms with Crippen LogP contribution in [0.15, 0.2) is 76.4 Å². The topological polar surface area (TPSA) is 156 Å². The number of allylic oxidation sites excluding steroid dienone is 2. The number of hydrogen-bond donors (Lipinski definition) is 2. The van der Waals surface area contributed by atoms with Gasteiger partial charge in [0, 0.05) is 18.3 Å². The van der Waals surface area contributed by atoms with E-state index in [-0.39, 0.29) is 30.2 Å². The molecule has 2 saturated heterocycles. The Morgan fingerprint density at radius 3 is 2.70 bits per heavy atom. The highest BCUT2D eigenvalue weighted by Gasteiger charge is 2.57. The largest absolute Gasteiger partial charge is 0.459 e. The lowest BCUT2D eigenvalue weighted by Crippen LogP contribution is -2.46. The van der Waals surface area contributed by atoms with E-state index in [9.17, 15) is 29.8 Å². The number of carbonyl (C=O) groups is 2. The van der Waals surface area contributed by atoms with Gasteiger partial charge in [0.2, 0.25) is 11.8 Å². The van der Waals surface area contributed by atoms with E-state index < -0.39 is 41.8 Å². The van der Waals surface area contributed by atoms with E-state index in [2.05, 4.69) is 4.98 Å². The summed E-state index contributed by atoms with van der Waals surface area (Å²) in [6.45, 7) is 1.80. The molecule has 2 fully saturated rings. The quantitative estimate of drug-likeness (QED) is 0.116. The van der Waals surface area contributed by atoms with Gasteiger partial charge in [-0.3, -0.25) is 24.7 Å². The van der Waals surface area contributed by atoms with Gasteiger partial charge in [-0.2, -0.15) is 0 Å². The van der Waals surface area contributed by atoms with Crippen LogP contribution >= 0.6 is 0 Å². The molecule has 2 amide bonds. The van der Waals surface area contributed by atoms with Gasteiger partial charge in [-0.15, -0.1) is 0 Å². The van der Waals surface area contributed by atoms with Crippen molar-refractivity contribution in [2.24, 2.45) is 17.8 Å². The number of aromatic nitrogens is 1. The first-order valence-electron chi connectivity index (χ1n) is 14.8. The monoisotopic (exact) mass is 597 g/mol. The first kappa shape index (κ1) is 29.7. The van der Waals surface area contributed by atoms with Crippen molar-refractivity contribution in [3.8, 4) is 0 Å². The number of furan rings is 1. The number of hydrogen-bond acceptors (Lipinski definition) is 9. The van der Waals surface area contributed by atoms with Gasteiger partial charge in [-0.05, 0) is 85.5 Å². The summed E-state index contributed by atoms with van der Waals surface area (Å²) in [5, 5.41) is 31.7. The Kier molecular flexibility index (Phi) is 8.30. The average molecular weight is 597 g/mol. The van der Waals surface area contributed by atoms with E-state index in [1.807, 2.05) is 31.2 Å². The molecule has 6 rings (SSSR count). The molecular weight excluding hydrogens is 565 g/mol. The Morgan fingerprint density at radius 1 is 1.16 bits per heavy atom. The smallest absolute Gasteiger partial charge is 0.455 e. The molecule has 1 aromatic carbocycles. The third-order valence-corrected chi connectivity index (χ3v) is 8.86. The standard InChI is InChI=1S/C32H32BN3O8/c1-2-19-15-25-30(32(39)35(31(25)38)21-6-5-7-22(16-21)36(41)42)26-17-33(40)44-28(29(19)26)12-9-20(27-8-3-4-13-34-27)14-23-10-11-24(18-37)43-23/h3-8,10-11,13-14,16,25-26,28,30,37,40H,2,9,12,15,17-18H2,1H3/b20-14-/t25-,26+,28-,30-/m1/s1. The second-order valence-electron chi connectivity index (χ2n) is 11.3. The van der Waals surface area contributed by atoms with Gasteiger partial charge >= 0.3 is 7.12 Å². The van der Waals surface area contributed by atoms with E-state index >= 15 is 0 Å². The van der Waals surface area contributed by atoms with Crippen molar-refractivity contribution in [3.05, 3.63) is 99.3 Å². The molecule has 3 aromatic rings. The lowest BCUT2D eigenvalue weighted by molar-refractivity contribution is -0.384. The van der Waals surface area contributed by atoms with Crippen molar-refractivity contribution >= 4 is 42.0 Å². The fourth-order valence-corrected chi connectivity index (χ4v) is 6.95. The number of nitrogens with zero attached hydrogens (tertiary/aromatic N) is 3. The molecule has 2 N–H and O–H groups in total. The molecule has 3 aliphatic rings. The molecule has 1 aliphatic carbocycles.